The smallest absolute Gasteiger partial charge is 0.416 e. The molecule has 0 unspecified atom stereocenters. The summed E-state index contributed by atoms with van der Waals surface area (Å²) in [6, 6.07) is 8.45. The Labute approximate surface area is 157 Å². The first-order valence-electron chi connectivity index (χ1n) is 8.19. The van der Waals surface area contributed by atoms with Gasteiger partial charge in [-0.25, -0.2) is 14.9 Å². The number of halogens is 4. The van der Waals surface area contributed by atoms with Crippen molar-refractivity contribution >= 4 is 0 Å². The average Bonchev–Trinajstić information content (AvgIpc) is 3.00. The fraction of sp³-hybridized carbons (Fsp3) is 0.211. The Morgan fingerprint density at radius 2 is 1.86 bits per heavy atom. The molecule has 0 atom stereocenters. The third-order valence-corrected chi connectivity index (χ3v) is 3.94. The van der Waals surface area contributed by atoms with Crippen LogP contribution in [-0.2, 0) is 19.3 Å². The number of alkyl halides is 3. The number of aryl methyl sites for hydroxylation is 1. The van der Waals surface area contributed by atoms with E-state index in [2.05, 4.69) is 4.98 Å². The molecule has 1 heterocycles. The Balaban J connectivity index is 1.74. The van der Waals surface area contributed by atoms with E-state index < -0.39 is 17.6 Å². The summed E-state index contributed by atoms with van der Waals surface area (Å²) in [7, 11) is 0. The largest absolute Gasteiger partial charge is 0.487 e. The molecule has 0 fully saturated rings. The monoisotopic (exact) mass is 396 g/mol. The molecule has 9 heteroatoms. The minimum absolute atomic E-state index is 0.0224. The molecule has 0 amide bonds. The lowest BCUT2D eigenvalue weighted by Crippen LogP contribution is -2.07. The van der Waals surface area contributed by atoms with Crippen molar-refractivity contribution in [2.24, 2.45) is 0 Å². The van der Waals surface area contributed by atoms with Gasteiger partial charge in [0.1, 0.15) is 29.6 Å². The lowest BCUT2D eigenvalue weighted by atomic mass is 10.1. The maximum Gasteiger partial charge on any atom is 0.416 e. The zero-order valence-corrected chi connectivity index (χ0v) is 14.7. The summed E-state index contributed by atoms with van der Waals surface area (Å²) < 4.78 is 62.6. The number of aromatic nitrogens is 1. The van der Waals surface area contributed by atoms with Crippen molar-refractivity contribution in [1.82, 2.24) is 10.5 Å². The topological polar surface area (TPSA) is 67.5 Å². The minimum atomic E-state index is -4.42. The zero-order valence-electron chi connectivity index (χ0n) is 14.7. The van der Waals surface area contributed by atoms with E-state index in [-0.39, 0.29) is 24.8 Å². The van der Waals surface area contributed by atoms with E-state index in [1.807, 2.05) is 5.48 Å². The van der Waals surface area contributed by atoms with E-state index in [1.54, 1.807) is 13.0 Å². The van der Waals surface area contributed by atoms with Gasteiger partial charge in [-0.1, -0.05) is 0 Å². The maximum absolute atomic E-state index is 13.6. The molecule has 0 aliphatic carbocycles. The van der Waals surface area contributed by atoms with Crippen LogP contribution in [0, 0.1) is 12.7 Å². The van der Waals surface area contributed by atoms with E-state index >= 15 is 0 Å². The van der Waals surface area contributed by atoms with E-state index in [4.69, 9.17) is 14.4 Å². The molecular formula is C19H16F4N2O3. The van der Waals surface area contributed by atoms with Gasteiger partial charge in [0.05, 0.1) is 5.56 Å². The highest BCUT2D eigenvalue weighted by Gasteiger charge is 2.30. The van der Waals surface area contributed by atoms with Gasteiger partial charge >= 0.3 is 6.18 Å². The van der Waals surface area contributed by atoms with Gasteiger partial charge in [0.2, 0.25) is 5.89 Å². The quantitative estimate of drug-likeness (QED) is 0.460. The average molecular weight is 396 g/mol. The molecule has 0 saturated carbocycles. The molecule has 0 bridgehead atoms. The number of oxazole rings is 1. The Hall–Kier alpha value is -2.91. The summed E-state index contributed by atoms with van der Waals surface area (Å²) >= 11 is 0. The van der Waals surface area contributed by atoms with E-state index in [0.29, 0.717) is 22.6 Å². The first-order chi connectivity index (χ1) is 13.3. The van der Waals surface area contributed by atoms with Gasteiger partial charge in [0.25, 0.3) is 0 Å². The maximum atomic E-state index is 13.6. The number of ether oxygens (including phenoxy) is 1. The van der Waals surface area contributed by atoms with Crippen LogP contribution in [0.3, 0.4) is 0 Å². The Bertz CT molecular complexity index is 953. The SMILES string of the molecule is Cc1oc(-c2ccc(C(F)(F)F)cc2)nc1COc1cc(F)cc(CNO)c1. The van der Waals surface area contributed by atoms with Crippen molar-refractivity contribution in [3.63, 3.8) is 0 Å². The molecule has 0 saturated heterocycles. The molecule has 2 N–H and O–H groups in total. The number of hydroxylamine groups is 1. The van der Waals surface area contributed by atoms with Crippen molar-refractivity contribution in [2.75, 3.05) is 0 Å². The van der Waals surface area contributed by atoms with Crippen molar-refractivity contribution in [3.8, 4) is 17.2 Å². The van der Waals surface area contributed by atoms with Gasteiger partial charge < -0.3 is 14.4 Å². The van der Waals surface area contributed by atoms with Crippen molar-refractivity contribution in [2.45, 2.75) is 26.3 Å². The molecule has 1 aromatic heterocycles. The summed E-state index contributed by atoms with van der Waals surface area (Å²) in [4.78, 5) is 4.25. The van der Waals surface area contributed by atoms with Crippen LogP contribution in [-0.4, -0.2) is 10.2 Å². The lowest BCUT2D eigenvalue weighted by molar-refractivity contribution is -0.137. The summed E-state index contributed by atoms with van der Waals surface area (Å²) in [5.41, 5.74) is 2.48. The molecule has 5 nitrogen and oxygen atoms in total. The van der Waals surface area contributed by atoms with Gasteiger partial charge in [-0.2, -0.15) is 13.2 Å². The second kappa shape index (κ2) is 7.99. The molecular weight excluding hydrogens is 380 g/mol. The molecule has 3 aromatic rings. The van der Waals surface area contributed by atoms with Crippen molar-refractivity contribution in [3.05, 3.63) is 70.9 Å². The number of hydrogen-bond donors (Lipinski definition) is 2. The number of hydrogen-bond acceptors (Lipinski definition) is 5. The van der Waals surface area contributed by atoms with Crippen LogP contribution in [0.1, 0.15) is 22.6 Å². The number of nitrogens with one attached hydrogen (secondary N) is 1. The van der Waals surface area contributed by atoms with Crippen LogP contribution in [0.4, 0.5) is 17.6 Å². The number of rotatable bonds is 6. The van der Waals surface area contributed by atoms with E-state index in [0.717, 1.165) is 12.1 Å². The van der Waals surface area contributed by atoms with Crippen LogP contribution in [0.2, 0.25) is 0 Å². The normalized spacial score (nSPS) is 11.6. The van der Waals surface area contributed by atoms with Crippen molar-refractivity contribution in [1.29, 1.82) is 0 Å². The molecule has 3 rings (SSSR count). The van der Waals surface area contributed by atoms with Gasteiger partial charge in [0, 0.05) is 18.2 Å². The Morgan fingerprint density at radius 3 is 2.50 bits per heavy atom. The van der Waals surface area contributed by atoms with Gasteiger partial charge in [-0.3, -0.25) is 0 Å². The van der Waals surface area contributed by atoms with Gasteiger partial charge in [0.15, 0.2) is 0 Å². The number of benzene rings is 2. The molecule has 0 radical (unpaired) electrons. The van der Waals surface area contributed by atoms with Crippen LogP contribution in [0.5, 0.6) is 5.75 Å². The van der Waals surface area contributed by atoms with Crippen LogP contribution in [0.15, 0.2) is 46.9 Å². The van der Waals surface area contributed by atoms with Gasteiger partial charge in [-0.15, -0.1) is 0 Å². The van der Waals surface area contributed by atoms with Gasteiger partial charge in [-0.05, 0) is 48.9 Å². The Kier molecular flexibility index (Phi) is 5.66. The van der Waals surface area contributed by atoms with Crippen LogP contribution >= 0.6 is 0 Å². The third-order valence-electron chi connectivity index (χ3n) is 3.94. The highest BCUT2D eigenvalue weighted by molar-refractivity contribution is 5.54. The summed E-state index contributed by atoms with van der Waals surface area (Å²) in [6.45, 7) is 1.67. The minimum Gasteiger partial charge on any atom is -0.487 e. The third kappa shape index (κ3) is 4.68. The highest BCUT2D eigenvalue weighted by atomic mass is 19.4. The second-order valence-electron chi connectivity index (χ2n) is 6.02. The van der Waals surface area contributed by atoms with Crippen LogP contribution in [0.25, 0.3) is 11.5 Å². The fourth-order valence-electron chi connectivity index (χ4n) is 2.54. The summed E-state index contributed by atoms with van der Waals surface area (Å²) in [5, 5.41) is 8.72. The molecule has 28 heavy (non-hydrogen) atoms. The van der Waals surface area contributed by atoms with E-state index in [1.165, 1.54) is 24.3 Å². The highest BCUT2D eigenvalue weighted by Crippen LogP contribution is 2.31. The predicted octanol–water partition coefficient (Wildman–Crippen LogP) is 4.87. The lowest BCUT2D eigenvalue weighted by Gasteiger charge is -2.07. The summed E-state index contributed by atoms with van der Waals surface area (Å²) in [6.07, 6.45) is -4.42. The fourth-order valence-corrected chi connectivity index (χ4v) is 2.54. The first kappa shape index (κ1) is 19.8. The molecule has 0 spiro atoms. The molecule has 2 aromatic carbocycles. The molecule has 148 valence electrons. The van der Waals surface area contributed by atoms with E-state index in [9.17, 15) is 17.6 Å². The van der Waals surface area contributed by atoms with Crippen LogP contribution < -0.4 is 10.2 Å². The Morgan fingerprint density at radius 1 is 1.14 bits per heavy atom. The molecule has 0 aliphatic heterocycles. The summed E-state index contributed by atoms with van der Waals surface area (Å²) in [5.74, 6) is 0.312. The number of nitrogens with zero attached hydrogens (tertiary/aromatic N) is 1. The second-order valence-corrected chi connectivity index (χ2v) is 6.02. The molecule has 0 aliphatic rings. The first-order valence-corrected chi connectivity index (χ1v) is 8.19. The van der Waals surface area contributed by atoms with Crippen molar-refractivity contribution < 1.29 is 31.9 Å². The standard InChI is InChI=1S/C19H16F4N2O3/c1-11-17(10-27-16-7-12(9-24-26)6-15(20)8-16)25-18(28-11)13-2-4-14(5-3-13)19(21,22)23/h2-8,24,26H,9-10H2,1H3. The zero-order chi connectivity index (χ0) is 20.3. The predicted molar refractivity (Wildman–Crippen MR) is 91.0 cm³/mol.